The Morgan fingerprint density at radius 2 is 2.29 bits per heavy atom. The predicted molar refractivity (Wildman–Crippen MR) is 64.8 cm³/mol. The van der Waals surface area contributed by atoms with Crippen molar-refractivity contribution >= 4 is 0 Å². The molecular weight excluding hydrogens is 216 g/mol. The van der Waals surface area contributed by atoms with Crippen molar-refractivity contribution in [1.29, 1.82) is 0 Å². The van der Waals surface area contributed by atoms with Gasteiger partial charge < -0.3 is 14.4 Å². The summed E-state index contributed by atoms with van der Waals surface area (Å²) in [6.07, 6.45) is 5.39. The molecule has 17 heavy (non-hydrogen) atoms. The Balaban J connectivity index is 1.94. The SMILES string of the molecule is Cc1ccc(OCCn2ccnc2)c(CO)c1. The van der Waals surface area contributed by atoms with Gasteiger partial charge >= 0.3 is 0 Å². The number of hydrogen-bond acceptors (Lipinski definition) is 3. The summed E-state index contributed by atoms with van der Waals surface area (Å²) >= 11 is 0. The number of aliphatic hydroxyl groups excluding tert-OH is 1. The van der Waals surface area contributed by atoms with Crippen LogP contribution in [-0.4, -0.2) is 21.3 Å². The zero-order valence-corrected chi connectivity index (χ0v) is 9.84. The first kappa shape index (κ1) is 11.7. The van der Waals surface area contributed by atoms with Crippen molar-refractivity contribution in [2.45, 2.75) is 20.1 Å². The van der Waals surface area contributed by atoms with Crippen LogP contribution in [0.3, 0.4) is 0 Å². The average Bonchev–Trinajstić information content (AvgIpc) is 2.84. The van der Waals surface area contributed by atoms with Crippen LogP contribution in [0.5, 0.6) is 5.75 Å². The lowest BCUT2D eigenvalue weighted by Crippen LogP contribution is -2.07. The Bertz CT molecular complexity index is 466. The quantitative estimate of drug-likeness (QED) is 0.854. The molecule has 4 nitrogen and oxygen atoms in total. The molecule has 0 aliphatic rings. The molecule has 0 amide bonds. The molecule has 4 heteroatoms. The number of imidazole rings is 1. The monoisotopic (exact) mass is 232 g/mol. The first-order chi connectivity index (χ1) is 8.29. The molecule has 0 atom stereocenters. The van der Waals surface area contributed by atoms with Gasteiger partial charge in [-0.15, -0.1) is 0 Å². The van der Waals surface area contributed by atoms with E-state index in [2.05, 4.69) is 4.98 Å². The van der Waals surface area contributed by atoms with Crippen molar-refractivity contribution in [2.24, 2.45) is 0 Å². The van der Waals surface area contributed by atoms with E-state index in [1.807, 2.05) is 35.9 Å². The smallest absolute Gasteiger partial charge is 0.124 e. The molecule has 0 aliphatic heterocycles. The Labute approximate surface area is 100 Å². The number of benzene rings is 1. The number of aryl methyl sites for hydroxylation is 1. The van der Waals surface area contributed by atoms with Gasteiger partial charge in [-0.25, -0.2) is 4.98 Å². The Hall–Kier alpha value is -1.81. The van der Waals surface area contributed by atoms with E-state index in [1.165, 1.54) is 0 Å². The zero-order chi connectivity index (χ0) is 12.1. The minimum atomic E-state index is 0.00207. The van der Waals surface area contributed by atoms with Crippen molar-refractivity contribution in [2.75, 3.05) is 6.61 Å². The highest BCUT2D eigenvalue weighted by Gasteiger charge is 2.02. The number of aliphatic hydroxyl groups is 1. The standard InChI is InChI=1S/C13H16N2O2/c1-11-2-3-13(12(8-11)9-16)17-7-6-15-5-4-14-10-15/h2-5,8,10,16H,6-7,9H2,1H3. The number of aromatic nitrogens is 2. The molecule has 1 aromatic heterocycles. The van der Waals surface area contributed by atoms with E-state index in [9.17, 15) is 5.11 Å². The van der Waals surface area contributed by atoms with Crippen LogP contribution in [0.2, 0.25) is 0 Å². The number of rotatable bonds is 5. The topological polar surface area (TPSA) is 47.3 Å². The Kier molecular flexibility index (Phi) is 3.77. The van der Waals surface area contributed by atoms with Gasteiger partial charge in [-0.2, -0.15) is 0 Å². The van der Waals surface area contributed by atoms with Gasteiger partial charge in [-0.3, -0.25) is 0 Å². The molecule has 0 unspecified atom stereocenters. The predicted octanol–water partition coefficient (Wildman–Crippen LogP) is 1.76. The Morgan fingerprint density at radius 1 is 1.41 bits per heavy atom. The second-order valence-corrected chi connectivity index (χ2v) is 3.92. The maximum Gasteiger partial charge on any atom is 0.124 e. The molecule has 0 saturated heterocycles. The van der Waals surface area contributed by atoms with Crippen LogP contribution in [0.4, 0.5) is 0 Å². The van der Waals surface area contributed by atoms with Crippen LogP contribution < -0.4 is 4.74 Å². The fourth-order valence-electron chi connectivity index (χ4n) is 1.65. The molecule has 2 aromatic rings. The van der Waals surface area contributed by atoms with E-state index in [0.717, 1.165) is 23.4 Å². The molecule has 0 aliphatic carbocycles. The van der Waals surface area contributed by atoms with Crippen molar-refractivity contribution in [3.05, 3.63) is 48.0 Å². The fraction of sp³-hybridized carbons (Fsp3) is 0.308. The van der Waals surface area contributed by atoms with Gasteiger partial charge in [-0.05, 0) is 13.0 Å². The van der Waals surface area contributed by atoms with Crippen molar-refractivity contribution in [3.63, 3.8) is 0 Å². The minimum Gasteiger partial charge on any atom is -0.491 e. The van der Waals surface area contributed by atoms with Gasteiger partial charge in [-0.1, -0.05) is 17.7 Å². The van der Waals surface area contributed by atoms with Gasteiger partial charge in [0.15, 0.2) is 0 Å². The van der Waals surface area contributed by atoms with Gasteiger partial charge in [0.05, 0.1) is 19.5 Å². The summed E-state index contributed by atoms with van der Waals surface area (Å²) in [5.74, 6) is 0.748. The number of hydrogen-bond donors (Lipinski definition) is 1. The molecule has 1 aromatic carbocycles. The van der Waals surface area contributed by atoms with Crippen molar-refractivity contribution in [3.8, 4) is 5.75 Å². The highest BCUT2D eigenvalue weighted by molar-refractivity contribution is 5.36. The van der Waals surface area contributed by atoms with Crippen LogP contribution in [0.15, 0.2) is 36.9 Å². The third kappa shape index (κ3) is 3.07. The van der Waals surface area contributed by atoms with Crippen LogP contribution in [0.1, 0.15) is 11.1 Å². The summed E-state index contributed by atoms with van der Waals surface area (Å²) in [5.41, 5.74) is 1.95. The molecule has 0 bridgehead atoms. The lowest BCUT2D eigenvalue weighted by Gasteiger charge is -2.11. The lowest BCUT2D eigenvalue weighted by atomic mass is 10.1. The minimum absolute atomic E-state index is 0.00207. The van der Waals surface area contributed by atoms with Gasteiger partial charge in [0.2, 0.25) is 0 Å². The number of nitrogens with zero attached hydrogens (tertiary/aromatic N) is 2. The normalized spacial score (nSPS) is 10.5. The summed E-state index contributed by atoms with van der Waals surface area (Å²) in [6.45, 7) is 3.31. The molecule has 90 valence electrons. The van der Waals surface area contributed by atoms with Crippen LogP contribution >= 0.6 is 0 Å². The zero-order valence-electron chi connectivity index (χ0n) is 9.84. The summed E-state index contributed by atoms with van der Waals surface area (Å²) < 4.78 is 7.60. The van der Waals surface area contributed by atoms with Crippen LogP contribution in [0, 0.1) is 6.92 Å². The van der Waals surface area contributed by atoms with Gasteiger partial charge in [0.1, 0.15) is 12.4 Å². The molecule has 0 saturated carbocycles. The van der Waals surface area contributed by atoms with Crippen LogP contribution in [0.25, 0.3) is 0 Å². The van der Waals surface area contributed by atoms with E-state index in [1.54, 1.807) is 12.5 Å². The number of ether oxygens (including phenoxy) is 1. The van der Waals surface area contributed by atoms with E-state index in [-0.39, 0.29) is 6.61 Å². The van der Waals surface area contributed by atoms with E-state index in [4.69, 9.17) is 4.74 Å². The molecule has 0 spiro atoms. The van der Waals surface area contributed by atoms with E-state index >= 15 is 0 Å². The van der Waals surface area contributed by atoms with E-state index in [0.29, 0.717) is 6.61 Å². The summed E-state index contributed by atoms with van der Waals surface area (Å²) in [6, 6.07) is 5.81. The molecule has 2 rings (SSSR count). The molecule has 1 N–H and O–H groups in total. The maximum atomic E-state index is 9.23. The fourth-order valence-corrected chi connectivity index (χ4v) is 1.65. The highest BCUT2D eigenvalue weighted by atomic mass is 16.5. The Morgan fingerprint density at radius 3 is 3.00 bits per heavy atom. The second-order valence-electron chi connectivity index (χ2n) is 3.92. The maximum absolute atomic E-state index is 9.23. The first-order valence-electron chi connectivity index (χ1n) is 5.58. The summed E-state index contributed by atoms with van der Waals surface area (Å²) in [4.78, 5) is 3.96. The summed E-state index contributed by atoms with van der Waals surface area (Å²) in [5, 5.41) is 9.23. The van der Waals surface area contributed by atoms with Crippen molar-refractivity contribution < 1.29 is 9.84 Å². The lowest BCUT2D eigenvalue weighted by molar-refractivity contribution is 0.257. The van der Waals surface area contributed by atoms with Gasteiger partial charge in [0, 0.05) is 18.0 Å². The molecule has 0 fully saturated rings. The molecule has 0 radical (unpaired) electrons. The molecular formula is C13H16N2O2. The molecule has 1 heterocycles. The second kappa shape index (κ2) is 5.50. The average molecular weight is 232 g/mol. The first-order valence-corrected chi connectivity index (χ1v) is 5.58. The highest BCUT2D eigenvalue weighted by Crippen LogP contribution is 2.19. The third-order valence-electron chi connectivity index (χ3n) is 2.55. The van der Waals surface area contributed by atoms with E-state index < -0.39 is 0 Å². The van der Waals surface area contributed by atoms with Crippen LogP contribution in [-0.2, 0) is 13.2 Å². The third-order valence-corrected chi connectivity index (χ3v) is 2.55. The summed E-state index contributed by atoms with van der Waals surface area (Å²) in [7, 11) is 0. The van der Waals surface area contributed by atoms with Gasteiger partial charge in [0.25, 0.3) is 0 Å². The largest absolute Gasteiger partial charge is 0.491 e. The van der Waals surface area contributed by atoms with Crippen molar-refractivity contribution in [1.82, 2.24) is 9.55 Å².